The molecule has 0 fully saturated rings. The summed E-state index contributed by atoms with van der Waals surface area (Å²) >= 11 is 0. The summed E-state index contributed by atoms with van der Waals surface area (Å²) in [7, 11) is 0. The lowest BCUT2D eigenvalue weighted by Crippen LogP contribution is -2.22. The van der Waals surface area contributed by atoms with Crippen LogP contribution in [0.1, 0.15) is 15.9 Å². The summed E-state index contributed by atoms with van der Waals surface area (Å²) < 4.78 is 37.8. The molecule has 3 N–H and O–H groups in total. The molecule has 0 aliphatic rings. The number of alkyl halides is 3. The number of carbonyl (C=O) groups excluding carboxylic acids is 1. The second kappa shape index (κ2) is 5.97. The third-order valence-electron chi connectivity index (χ3n) is 3.59. The van der Waals surface area contributed by atoms with Gasteiger partial charge in [-0.2, -0.15) is 13.2 Å². The minimum atomic E-state index is -4.71. The maximum atomic E-state index is 12.6. The molecule has 1 aromatic heterocycles. The first-order valence-electron chi connectivity index (χ1n) is 7.09. The van der Waals surface area contributed by atoms with Gasteiger partial charge >= 0.3 is 6.18 Å². The van der Waals surface area contributed by atoms with Gasteiger partial charge < -0.3 is 15.4 Å². The first kappa shape index (κ1) is 16.6. The van der Waals surface area contributed by atoms with Gasteiger partial charge in [0.1, 0.15) is 11.3 Å². The monoisotopic (exact) mass is 348 g/mol. The van der Waals surface area contributed by atoms with Crippen molar-refractivity contribution < 1.29 is 23.1 Å². The van der Waals surface area contributed by atoms with Gasteiger partial charge in [0.05, 0.1) is 5.56 Å². The lowest BCUT2D eigenvalue weighted by molar-refractivity contribution is -0.138. The molecule has 0 radical (unpaired) electrons. The normalized spacial score (nSPS) is 11.5. The standard InChI is InChI=1S/C17H11F3N2O3/c18-17(19,20)12-6-5-9(7-14(12)23)22-16(25)11-8-21-13-4-2-1-3-10(13)15(11)24/h1-8,23H,(H,21,24)(H,22,25). The zero-order valence-electron chi connectivity index (χ0n) is 12.5. The van der Waals surface area contributed by atoms with Crippen LogP contribution in [0.4, 0.5) is 18.9 Å². The van der Waals surface area contributed by atoms with Gasteiger partial charge in [0.25, 0.3) is 5.91 Å². The molecular weight excluding hydrogens is 337 g/mol. The number of carbonyl (C=O) groups is 1. The van der Waals surface area contributed by atoms with Gasteiger partial charge in [-0.1, -0.05) is 12.1 Å². The molecule has 0 atom stereocenters. The smallest absolute Gasteiger partial charge is 0.419 e. The fourth-order valence-corrected chi connectivity index (χ4v) is 2.38. The van der Waals surface area contributed by atoms with E-state index in [9.17, 15) is 27.9 Å². The number of rotatable bonds is 2. The third-order valence-corrected chi connectivity index (χ3v) is 3.59. The molecule has 0 aliphatic carbocycles. The summed E-state index contributed by atoms with van der Waals surface area (Å²) in [6.07, 6.45) is -3.48. The molecule has 0 unspecified atom stereocenters. The quantitative estimate of drug-likeness (QED) is 0.663. The highest BCUT2D eigenvalue weighted by Gasteiger charge is 2.33. The minimum absolute atomic E-state index is 0.0666. The van der Waals surface area contributed by atoms with Crippen LogP contribution < -0.4 is 10.7 Å². The Kier molecular flexibility index (Phi) is 3.96. The number of amides is 1. The van der Waals surface area contributed by atoms with E-state index in [2.05, 4.69) is 10.3 Å². The van der Waals surface area contributed by atoms with Crippen LogP contribution in [0.15, 0.2) is 53.5 Å². The van der Waals surface area contributed by atoms with Crippen LogP contribution in [0.5, 0.6) is 5.75 Å². The highest BCUT2D eigenvalue weighted by Crippen LogP contribution is 2.36. The van der Waals surface area contributed by atoms with Crippen LogP contribution in [0.3, 0.4) is 0 Å². The molecule has 8 heteroatoms. The molecule has 0 spiro atoms. The molecule has 5 nitrogen and oxygen atoms in total. The van der Waals surface area contributed by atoms with E-state index in [1.165, 1.54) is 6.20 Å². The molecule has 25 heavy (non-hydrogen) atoms. The number of aromatic nitrogens is 1. The number of para-hydroxylation sites is 1. The van der Waals surface area contributed by atoms with Crippen LogP contribution in [-0.2, 0) is 6.18 Å². The van der Waals surface area contributed by atoms with Crippen LogP contribution >= 0.6 is 0 Å². The average molecular weight is 348 g/mol. The number of nitrogens with one attached hydrogen (secondary N) is 2. The molecule has 1 amide bonds. The van der Waals surface area contributed by atoms with E-state index >= 15 is 0 Å². The van der Waals surface area contributed by atoms with E-state index in [1.807, 2.05) is 0 Å². The Hall–Kier alpha value is -3.29. The molecule has 0 bridgehead atoms. The van der Waals surface area contributed by atoms with Crippen molar-refractivity contribution in [3.63, 3.8) is 0 Å². The number of phenols is 1. The maximum Gasteiger partial charge on any atom is 0.419 e. The Morgan fingerprint density at radius 1 is 1.12 bits per heavy atom. The molecular formula is C17H11F3N2O3. The largest absolute Gasteiger partial charge is 0.507 e. The summed E-state index contributed by atoms with van der Waals surface area (Å²) in [4.78, 5) is 27.4. The molecule has 0 saturated carbocycles. The number of hydrogen-bond acceptors (Lipinski definition) is 3. The molecule has 0 aliphatic heterocycles. The fraction of sp³-hybridized carbons (Fsp3) is 0.0588. The van der Waals surface area contributed by atoms with Crippen LogP contribution in [0.25, 0.3) is 10.9 Å². The van der Waals surface area contributed by atoms with Gasteiger partial charge in [-0.05, 0) is 24.3 Å². The van der Waals surface area contributed by atoms with Crippen molar-refractivity contribution in [2.24, 2.45) is 0 Å². The van der Waals surface area contributed by atoms with Crippen molar-refractivity contribution in [1.82, 2.24) is 4.98 Å². The Morgan fingerprint density at radius 2 is 1.84 bits per heavy atom. The zero-order chi connectivity index (χ0) is 18.2. The van der Waals surface area contributed by atoms with E-state index in [-0.39, 0.29) is 11.3 Å². The topological polar surface area (TPSA) is 82.2 Å². The molecule has 128 valence electrons. The average Bonchev–Trinajstić information content (AvgIpc) is 2.54. The molecule has 2 aromatic carbocycles. The van der Waals surface area contributed by atoms with Crippen LogP contribution in [0, 0.1) is 0 Å². The fourth-order valence-electron chi connectivity index (χ4n) is 2.38. The van der Waals surface area contributed by atoms with Crippen molar-refractivity contribution in [2.45, 2.75) is 6.18 Å². The van der Waals surface area contributed by atoms with E-state index in [0.29, 0.717) is 17.0 Å². The van der Waals surface area contributed by atoms with Gasteiger partial charge in [0.15, 0.2) is 0 Å². The van der Waals surface area contributed by atoms with Gasteiger partial charge in [-0.25, -0.2) is 0 Å². The van der Waals surface area contributed by atoms with Crippen molar-refractivity contribution >= 4 is 22.5 Å². The Labute approximate surface area is 138 Å². The van der Waals surface area contributed by atoms with Crippen LogP contribution in [-0.4, -0.2) is 16.0 Å². The second-order valence-electron chi connectivity index (χ2n) is 5.26. The van der Waals surface area contributed by atoms with E-state index in [0.717, 1.165) is 12.1 Å². The number of phenolic OH excluding ortho intramolecular Hbond substituents is 1. The van der Waals surface area contributed by atoms with Crippen molar-refractivity contribution in [2.75, 3.05) is 5.32 Å². The van der Waals surface area contributed by atoms with E-state index in [1.54, 1.807) is 24.3 Å². The number of H-pyrrole nitrogens is 1. The van der Waals surface area contributed by atoms with Gasteiger partial charge in [0, 0.05) is 28.9 Å². The summed E-state index contributed by atoms with van der Waals surface area (Å²) in [6.45, 7) is 0. The second-order valence-corrected chi connectivity index (χ2v) is 5.26. The minimum Gasteiger partial charge on any atom is -0.507 e. The number of hydrogen-bond donors (Lipinski definition) is 3. The number of halogens is 3. The third kappa shape index (κ3) is 3.18. The van der Waals surface area contributed by atoms with Crippen LogP contribution in [0.2, 0.25) is 0 Å². The Bertz CT molecular complexity index is 1030. The van der Waals surface area contributed by atoms with Gasteiger partial charge in [-0.3, -0.25) is 9.59 Å². The number of benzene rings is 2. The maximum absolute atomic E-state index is 12.6. The van der Waals surface area contributed by atoms with Crippen molar-refractivity contribution in [3.05, 3.63) is 70.0 Å². The summed E-state index contributed by atoms with van der Waals surface area (Å²) in [5.74, 6) is -1.82. The predicted molar refractivity (Wildman–Crippen MR) is 85.6 cm³/mol. The highest BCUT2D eigenvalue weighted by molar-refractivity contribution is 6.05. The highest BCUT2D eigenvalue weighted by atomic mass is 19.4. The number of aromatic amines is 1. The Morgan fingerprint density at radius 3 is 2.52 bits per heavy atom. The molecule has 0 saturated heterocycles. The molecule has 3 aromatic rings. The SMILES string of the molecule is O=C(Nc1ccc(C(F)(F)F)c(O)c1)c1c[nH]c2ccccc2c1=O. The molecule has 1 heterocycles. The zero-order valence-corrected chi connectivity index (χ0v) is 12.5. The van der Waals surface area contributed by atoms with Crippen molar-refractivity contribution in [1.29, 1.82) is 0 Å². The Balaban J connectivity index is 1.92. The number of fused-ring (bicyclic) bond motifs is 1. The number of aromatic hydroxyl groups is 1. The van der Waals surface area contributed by atoms with Gasteiger partial charge in [-0.15, -0.1) is 0 Å². The summed E-state index contributed by atoms with van der Waals surface area (Å²) in [5, 5.41) is 12.1. The lowest BCUT2D eigenvalue weighted by Gasteiger charge is -2.11. The lowest BCUT2D eigenvalue weighted by atomic mass is 10.1. The number of anilines is 1. The summed E-state index contributed by atoms with van der Waals surface area (Å²) in [5.41, 5.74) is -1.44. The summed E-state index contributed by atoms with van der Waals surface area (Å²) in [6, 6.07) is 9.01. The van der Waals surface area contributed by atoms with E-state index in [4.69, 9.17) is 0 Å². The number of pyridine rings is 1. The predicted octanol–water partition coefficient (Wildman–Crippen LogP) is 3.50. The van der Waals surface area contributed by atoms with Crippen molar-refractivity contribution in [3.8, 4) is 5.75 Å². The van der Waals surface area contributed by atoms with E-state index < -0.39 is 28.8 Å². The first-order valence-corrected chi connectivity index (χ1v) is 7.09. The first-order chi connectivity index (χ1) is 11.8. The van der Waals surface area contributed by atoms with Gasteiger partial charge in [0.2, 0.25) is 5.43 Å². The molecule has 3 rings (SSSR count).